The lowest BCUT2D eigenvalue weighted by Crippen LogP contribution is -2.23. The van der Waals surface area contributed by atoms with E-state index < -0.39 is 0 Å². The molecule has 0 spiro atoms. The first-order valence-corrected chi connectivity index (χ1v) is 6.72. The molecule has 3 atom stereocenters. The van der Waals surface area contributed by atoms with E-state index >= 15 is 0 Å². The number of benzene rings is 1. The van der Waals surface area contributed by atoms with Gasteiger partial charge in [0.05, 0.1) is 7.11 Å². The summed E-state index contributed by atoms with van der Waals surface area (Å²) in [6, 6.07) is 6.19. The highest BCUT2D eigenvalue weighted by atomic mass is 16.5. The van der Waals surface area contributed by atoms with E-state index in [1.807, 2.05) is 19.1 Å². The predicted molar refractivity (Wildman–Crippen MR) is 76.1 cm³/mol. The van der Waals surface area contributed by atoms with Crippen LogP contribution in [0, 0.1) is 11.8 Å². The first kappa shape index (κ1) is 13.2. The Morgan fingerprint density at radius 2 is 1.89 bits per heavy atom. The van der Waals surface area contributed by atoms with E-state index in [1.165, 1.54) is 5.69 Å². The fraction of sp³-hybridized carbons (Fsp3) is 0.600. The molecule has 0 amide bonds. The number of nitrogens with two attached hydrogens (primary N) is 1. The monoisotopic (exact) mass is 248 g/mol. The maximum atomic E-state index is 6.12. The SMILES string of the molecule is COc1cccc(N2CC(C)C(C)C2)c1C(C)N. The van der Waals surface area contributed by atoms with Crippen LogP contribution in [0.2, 0.25) is 0 Å². The molecule has 0 radical (unpaired) electrons. The van der Waals surface area contributed by atoms with Crippen molar-refractivity contribution in [3.63, 3.8) is 0 Å². The summed E-state index contributed by atoms with van der Waals surface area (Å²) in [5.74, 6) is 2.36. The van der Waals surface area contributed by atoms with Crippen LogP contribution in [0.25, 0.3) is 0 Å². The van der Waals surface area contributed by atoms with E-state index in [4.69, 9.17) is 10.5 Å². The van der Waals surface area contributed by atoms with Gasteiger partial charge in [-0.15, -0.1) is 0 Å². The second kappa shape index (κ2) is 5.19. The summed E-state index contributed by atoms with van der Waals surface area (Å²) in [4.78, 5) is 2.44. The molecule has 1 aliphatic rings. The van der Waals surface area contributed by atoms with Gasteiger partial charge in [0.25, 0.3) is 0 Å². The summed E-state index contributed by atoms with van der Waals surface area (Å²) in [5.41, 5.74) is 8.48. The Morgan fingerprint density at radius 1 is 1.28 bits per heavy atom. The van der Waals surface area contributed by atoms with E-state index in [9.17, 15) is 0 Å². The Bertz CT molecular complexity index is 407. The Morgan fingerprint density at radius 3 is 2.39 bits per heavy atom. The number of methoxy groups -OCH3 is 1. The quantitative estimate of drug-likeness (QED) is 0.894. The minimum absolute atomic E-state index is 0.0117. The van der Waals surface area contributed by atoms with E-state index in [0.29, 0.717) is 0 Å². The minimum atomic E-state index is -0.0117. The van der Waals surface area contributed by atoms with Gasteiger partial charge in [-0.05, 0) is 30.9 Å². The third-order valence-electron chi connectivity index (χ3n) is 4.05. The molecule has 1 fully saturated rings. The number of nitrogens with zero attached hydrogens (tertiary/aromatic N) is 1. The topological polar surface area (TPSA) is 38.5 Å². The van der Waals surface area contributed by atoms with Crippen molar-refractivity contribution in [1.82, 2.24) is 0 Å². The van der Waals surface area contributed by atoms with Gasteiger partial charge in [-0.25, -0.2) is 0 Å². The van der Waals surface area contributed by atoms with Gasteiger partial charge in [-0.2, -0.15) is 0 Å². The van der Waals surface area contributed by atoms with E-state index in [2.05, 4.69) is 24.8 Å². The molecule has 0 aromatic heterocycles. The molecule has 1 aromatic rings. The van der Waals surface area contributed by atoms with E-state index in [1.54, 1.807) is 7.11 Å². The fourth-order valence-corrected chi connectivity index (χ4v) is 2.77. The van der Waals surface area contributed by atoms with Gasteiger partial charge >= 0.3 is 0 Å². The van der Waals surface area contributed by atoms with Crippen molar-refractivity contribution in [2.24, 2.45) is 17.6 Å². The molecule has 1 aromatic carbocycles. The molecule has 2 rings (SSSR count). The minimum Gasteiger partial charge on any atom is -0.496 e. The average molecular weight is 248 g/mol. The average Bonchev–Trinajstić information content (AvgIpc) is 2.68. The molecule has 3 unspecified atom stereocenters. The van der Waals surface area contributed by atoms with Gasteiger partial charge in [0, 0.05) is 30.4 Å². The highest BCUT2D eigenvalue weighted by Gasteiger charge is 2.28. The van der Waals surface area contributed by atoms with E-state index in [-0.39, 0.29) is 6.04 Å². The zero-order valence-electron chi connectivity index (χ0n) is 11.8. The molecule has 0 bridgehead atoms. The molecule has 0 saturated carbocycles. The zero-order chi connectivity index (χ0) is 13.3. The highest BCUT2D eigenvalue weighted by molar-refractivity contribution is 5.61. The van der Waals surface area contributed by atoms with Gasteiger partial charge in [0.1, 0.15) is 5.75 Å². The van der Waals surface area contributed by atoms with Crippen molar-refractivity contribution < 1.29 is 4.74 Å². The maximum absolute atomic E-state index is 6.12. The van der Waals surface area contributed by atoms with Crippen LogP contribution < -0.4 is 15.4 Å². The van der Waals surface area contributed by atoms with Crippen molar-refractivity contribution in [1.29, 1.82) is 0 Å². The van der Waals surface area contributed by atoms with Crippen molar-refractivity contribution in [2.75, 3.05) is 25.1 Å². The largest absolute Gasteiger partial charge is 0.496 e. The molecular weight excluding hydrogens is 224 g/mol. The van der Waals surface area contributed by atoms with Crippen LogP contribution in [0.3, 0.4) is 0 Å². The predicted octanol–water partition coefficient (Wildman–Crippen LogP) is 2.81. The fourth-order valence-electron chi connectivity index (χ4n) is 2.77. The number of ether oxygens (including phenoxy) is 1. The number of hydrogen-bond donors (Lipinski definition) is 1. The lowest BCUT2D eigenvalue weighted by Gasteiger charge is -2.25. The molecule has 1 heterocycles. The normalized spacial score (nSPS) is 25.3. The van der Waals surface area contributed by atoms with Gasteiger partial charge in [0.15, 0.2) is 0 Å². The Kier molecular flexibility index (Phi) is 3.81. The summed E-state index contributed by atoms with van der Waals surface area (Å²) in [5, 5.41) is 0. The molecule has 18 heavy (non-hydrogen) atoms. The summed E-state index contributed by atoms with van der Waals surface area (Å²) >= 11 is 0. The smallest absolute Gasteiger partial charge is 0.125 e. The van der Waals surface area contributed by atoms with Crippen LogP contribution in [0.5, 0.6) is 5.75 Å². The van der Waals surface area contributed by atoms with Gasteiger partial charge in [-0.1, -0.05) is 19.9 Å². The van der Waals surface area contributed by atoms with Crippen LogP contribution in [-0.4, -0.2) is 20.2 Å². The lowest BCUT2D eigenvalue weighted by molar-refractivity contribution is 0.407. The van der Waals surface area contributed by atoms with Crippen LogP contribution in [-0.2, 0) is 0 Å². The molecule has 1 saturated heterocycles. The second-order valence-electron chi connectivity index (χ2n) is 5.54. The molecule has 0 aliphatic carbocycles. The molecule has 100 valence electrons. The van der Waals surface area contributed by atoms with Crippen LogP contribution >= 0.6 is 0 Å². The lowest BCUT2D eigenvalue weighted by atomic mass is 10.0. The second-order valence-corrected chi connectivity index (χ2v) is 5.54. The van der Waals surface area contributed by atoms with E-state index in [0.717, 1.165) is 36.2 Å². The standard InChI is InChI=1S/C15H24N2O/c1-10-8-17(9-11(10)2)13-6-5-7-14(18-4)15(13)12(3)16/h5-7,10-12H,8-9,16H2,1-4H3. The third kappa shape index (κ3) is 2.32. The summed E-state index contributed by atoms with van der Waals surface area (Å²) < 4.78 is 5.45. The molecule has 3 heteroatoms. The number of hydrogen-bond acceptors (Lipinski definition) is 3. The number of anilines is 1. The molecular formula is C15H24N2O. The third-order valence-corrected chi connectivity index (χ3v) is 4.05. The van der Waals surface area contributed by atoms with Crippen LogP contribution in [0.4, 0.5) is 5.69 Å². The zero-order valence-corrected chi connectivity index (χ0v) is 11.8. The first-order valence-electron chi connectivity index (χ1n) is 6.72. The first-order chi connectivity index (χ1) is 8.54. The molecule has 3 nitrogen and oxygen atoms in total. The van der Waals surface area contributed by atoms with Crippen molar-refractivity contribution in [3.8, 4) is 5.75 Å². The van der Waals surface area contributed by atoms with Crippen molar-refractivity contribution in [3.05, 3.63) is 23.8 Å². The van der Waals surface area contributed by atoms with Crippen molar-refractivity contribution >= 4 is 5.69 Å². The Balaban J connectivity index is 2.38. The highest BCUT2D eigenvalue weighted by Crippen LogP contribution is 2.37. The van der Waals surface area contributed by atoms with Crippen LogP contribution in [0.15, 0.2) is 18.2 Å². The molecule has 1 aliphatic heterocycles. The Hall–Kier alpha value is -1.22. The Labute approximate surface area is 110 Å². The summed E-state index contributed by atoms with van der Waals surface area (Å²) in [7, 11) is 1.71. The molecule has 2 N–H and O–H groups in total. The van der Waals surface area contributed by atoms with Gasteiger partial charge in [0.2, 0.25) is 0 Å². The van der Waals surface area contributed by atoms with Crippen LogP contribution in [0.1, 0.15) is 32.4 Å². The summed E-state index contributed by atoms with van der Waals surface area (Å²) in [6.45, 7) is 8.86. The van der Waals surface area contributed by atoms with Gasteiger partial charge < -0.3 is 15.4 Å². The number of rotatable bonds is 3. The summed E-state index contributed by atoms with van der Waals surface area (Å²) in [6.07, 6.45) is 0. The maximum Gasteiger partial charge on any atom is 0.125 e. The van der Waals surface area contributed by atoms with Gasteiger partial charge in [-0.3, -0.25) is 0 Å². The van der Waals surface area contributed by atoms with Crippen molar-refractivity contribution in [2.45, 2.75) is 26.8 Å².